The molecule has 13 heavy (non-hydrogen) atoms. The van der Waals surface area contributed by atoms with Gasteiger partial charge in [0.05, 0.1) is 23.0 Å². The molecule has 1 unspecified atom stereocenters. The molecular formula is C7H7N3O2S. The Morgan fingerprint density at radius 1 is 1.54 bits per heavy atom. The molecule has 0 radical (unpaired) electrons. The average molecular weight is 197 g/mol. The first-order valence-electron chi connectivity index (χ1n) is 3.56. The molecule has 0 saturated carbocycles. The first-order valence-corrected chi connectivity index (χ1v) is 4.67. The van der Waals surface area contributed by atoms with Gasteiger partial charge in [0, 0.05) is 0 Å². The Bertz CT molecular complexity index is 454. The van der Waals surface area contributed by atoms with Crippen molar-refractivity contribution < 1.29 is 8.76 Å². The van der Waals surface area contributed by atoms with Gasteiger partial charge in [-0.05, 0) is 18.2 Å². The highest BCUT2D eigenvalue weighted by molar-refractivity contribution is 7.80. The number of anilines is 1. The molecule has 0 spiro atoms. The van der Waals surface area contributed by atoms with Crippen LogP contribution in [0.5, 0.6) is 0 Å². The van der Waals surface area contributed by atoms with E-state index in [-0.39, 0.29) is 0 Å². The van der Waals surface area contributed by atoms with Crippen LogP contribution < -0.4 is 4.72 Å². The summed E-state index contributed by atoms with van der Waals surface area (Å²) in [7, 11) is 0. The van der Waals surface area contributed by atoms with E-state index in [0.29, 0.717) is 5.69 Å². The minimum absolute atomic E-state index is 0.581. The third-order valence-corrected chi connectivity index (χ3v) is 2.04. The Balaban J connectivity index is 2.42. The maximum absolute atomic E-state index is 10.4. The van der Waals surface area contributed by atoms with E-state index in [0.717, 1.165) is 11.0 Å². The number of benzene rings is 1. The maximum Gasteiger partial charge on any atom is 0.259 e. The average Bonchev–Trinajstić information content (AvgIpc) is 2.49. The van der Waals surface area contributed by atoms with Gasteiger partial charge in [0.1, 0.15) is 0 Å². The van der Waals surface area contributed by atoms with Crippen LogP contribution in [-0.4, -0.2) is 18.7 Å². The second kappa shape index (κ2) is 3.15. The van der Waals surface area contributed by atoms with Gasteiger partial charge in [-0.15, -0.1) is 0 Å². The summed E-state index contributed by atoms with van der Waals surface area (Å²) >= 11 is -2.03. The van der Waals surface area contributed by atoms with Gasteiger partial charge in [-0.3, -0.25) is 9.27 Å². The predicted molar refractivity (Wildman–Crippen MR) is 50.5 cm³/mol. The van der Waals surface area contributed by atoms with Crippen molar-refractivity contribution in [1.82, 2.24) is 9.97 Å². The van der Waals surface area contributed by atoms with Crippen molar-refractivity contribution in [2.24, 2.45) is 0 Å². The van der Waals surface area contributed by atoms with E-state index < -0.39 is 11.3 Å². The van der Waals surface area contributed by atoms with Crippen molar-refractivity contribution in [3.05, 3.63) is 24.5 Å². The van der Waals surface area contributed by atoms with Crippen molar-refractivity contribution in [3.8, 4) is 0 Å². The summed E-state index contributed by atoms with van der Waals surface area (Å²) in [5, 5.41) is 0. The zero-order valence-electron chi connectivity index (χ0n) is 6.52. The van der Waals surface area contributed by atoms with E-state index in [2.05, 4.69) is 14.7 Å². The standard InChI is InChI=1S/C7H7N3O2S/c11-13(12)10-5-1-2-6-7(3-5)9-4-8-6/h1-4,10H,(H,8,9)(H,11,12). The minimum Gasteiger partial charge on any atom is -0.345 e. The molecule has 1 aromatic carbocycles. The van der Waals surface area contributed by atoms with Crippen molar-refractivity contribution in [1.29, 1.82) is 0 Å². The number of rotatable bonds is 2. The smallest absolute Gasteiger partial charge is 0.259 e. The molecule has 5 nitrogen and oxygen atoms in total. The topological polar surface area (TPSA) is 78.0 Å². The summed E-state index contributed by atoms with van der Waals surface area (Å²) in [6.45, 7) is 0. The van der Waals surface area contributed by atoms with E-state index in [1.807, 2.05) is 0 Å². The Morgan fingerprint density at radius 3 is 3.15 bits per heavy atom. The Morgan fingerprint density at radius 2 is 2.38 bits per heavy atom. The van der Waals surface area contributed by atoms with Gasteiger partial charge in [0.15, 0.2) is 0 Å². The fourth-order valence-corrected chi connectivity index (χ4v) is 1.43. The van der Waals surface area contributed by atoms with Crippen molar-refractivity contribution in [2.75, 3.05) is 4.72 Å². The summed E-state index contributed by atoms with van der Waals surface area (Å²) < 4.78 is 21.3. The largest absolute Gasteiger partial charge is 0.345 e. The molecule has 3 N–H and O–H groups in total. The van der Waals surface area contributed by atoms with Gasteiger partial charge in [-0.25, -0.2) is 9.19 Å². The molecule has 2 rings (SSSR count). The monoisotopic (exact) mass is 197 g/mol. The Labute approximate surface area is 76.6 Å². The molecular weight excluding hydrogens is 190 g/mol. The first-order chi connectivity index (χ1) is 6.25. The predicted octanol–water partition coefficient (Wildman–Crippen LogP) is 1.11. The van der Waals surface area contributed by atoms with E-state index in [9.17, 15) is 4.21 Å². The lowest BCUT2D eigenvalue weighted by Gasteiger charge is -1.99. The lowest BCUT2D eigenvalue weighted by molar-refractivity contribution is 0.570. The molecule has 1 aromatic heterocycles. The second-order valence-electron chi connectivity index (χ2n) is 2.49. The zero-order chi connectivity index (χ0) is 9.26. The second-order valence-corrected chi connectivity index (χ2v) is 3.19. The summed E-state index contributed by atoms with van der Waals surface area (Å²) in [5.41, 5.74) is 2.24. The molecule has 1 heterocycles. The third kappa shape index (κ3) is 1.68. The van der Waals surface area contributed by atoms with Crippen LogP contribution in [0.4, 0.5) is 5.69 Å². The van der Waals surface area contributed by atoms with Crippen LogP contribution in [0.3, 0.4) is 0 Å². The molecule has 0 amide bonds. The van der Waals surface area contributed by atoms with E-state index in [4.69, 9.17) is 4.55 Å². The van der Waals surface area contributed by atoms with Crippen LogP contribution in [0.2, 0.25) is 0 Å². The number of hydrogen-bond acceptors (Lipinski definition) is 2. The SMILES string of the molecule is O=S(O)Nc1ccc2nc[nH]c2c1. The summed E-state index contributed by atoms with van der Waals surface area (Å²) in [4.78, 5) is 6.92. The molecule has 0 saturated heterocycles. The van der Waals surface area contributed by atoms with Crippen LogP contribution in [-0.2, 0) is 11.3 Å². The summed E-state index contributed by atoms with van der Waals surface area (Å²) in [6.07, 6.45) is 1.57. The maximum atomic E-state index is 10.4. The van der Waals surface area contributed by atoms with Gasteiger partial charge < -0.3 is 4.98 Å². The van der Waals surface area contributed by atoms with Gasteiger partial charge in [0.2, 0.25) is 0 Å². The molecule has 0 aliphatic carbocycles. The highest BCUT2D eigenvalue weighted by Gasteiger charge is 1.99. The van der Waals surface area contributed by atoms with E-state index in [1.54, 1.807) is 24.5 Å². The van der Waals surface area contributed by atoms with Crippen LogP contribution in [0, 0.1) is 0 Å². The number of fused-ring (bicyclic) bond motifs is 1. The van der Waals surface area contributed by atoms with Crippen molar-refractivity contribution >= 4 is 28.0 Å². The van der Waals surface area contributed by atoms with Crippen molar-refractivity contribution in [2.45, 2.75) is 0 Å². The highest BCUT2D eigenvalue weighted by Crippen LogP contribution is 2.15. The number of H-pyrrole nitrogens is 1. The lowest BCUT2D eigenvalue weighted by atomic mass is 10.3. The number of nitrogens with one attached hydrogen (secondary N) is 2. The van der Waals surface area contributed by atoms with Gasteiger partial charge in [-0.1, -0.05) is 0 Å². The van der Waals surface area contributed by atoms with Gasteiger partial charge in [0.25, 0.3) is 11.3 Å². The molecule has 0 aliphatic rings. The molecule has 0 fully saturated rings. The molecule has 1 atom stereocenters. The van der Waals surface area contributed by atoms with E-state index in [1.165, 1.54) is 0 Å². The number of imidazole rings is 1. The first kappa shape index (κ1) is 8.21. The summed E-state index contributed by atoms with van der Waals surface area (Å²) in [5.74, 6) is 0. The van der Waals surface area contributed by atoms with Crippen LogP contribution in [0.1, 0.15) is 0 Å². The van der Waals surface area contributed by atoms with Crippen molar-refractivity contribution in [3.63, 3.8) is 0 Å². The molecule has 2 aromatic rings. The number of hydrogen-bond donors (Lipinski definition) is 3. The third-order valence-electron chi connectivity index (χ3n) is 1.63. The Hall–Kier alpha value is -1.40. The number of nitrogens with zero attached hydrogens (tertiary/aromatic N) is 1. The Kier molecular flexibility index (Phi) is 1.99. The molecule has 68 valence electrons. The zero-order valence-corrected chi connectivity index (χ0v) is 7.34. The quantitative estimate of drug-likeness (QED) is 0.631. The number of aromatic amines is 1. The lowest BCUT2D eigenvalue weighted by Crippen LogP contribution is -2.01. The van der Waals surface area contributed by atoms with Crippen LogP contribution in [0.15, 0.2) is 24.5 Å². The summed E-state index contributed by atoms with van der Waals surface area (Å²) in [6, 6.07) is 5.18. The van der Waals surface area contributed by atoms with Gasteiger partial charge in [-0.2, -0.15) is 0 Å². The van der Waals surface area contributed by atoms with E-state index >= 15 is 0 Å². The number of aromatic nitrogens is 2. The molecule has 0 aliphatic heterocycles. The molecule has 6 heteroatoms. The fourth-order valence-electron chi connectivity index (χ4n) is 1.10. The van der Waals surface area contributed by atoms with Gasteiger partial charge >= 0.3 is 0 Å². The van der Waals surface area contributed by atoms with Crippen LogP contribution in [0.25, 0.3) is 11.0 Å². The fraction of sp³-hybridized carbons (Fsp3) is 0. The highest BCUT2D eigenvalue weighted by atomic mass is 32.2. The van der Waals surface area contributed by atoms with Crippen LogP contribution >= 0.6 is 0 Å². The molecule has 0 bridgehead atoms. The minimum atomic E-state index is -2.03. The normalized spacial score (nSPS) is 13.0.